The van der Waals surface area contributed by atoms with Crippen molar-refractivity contribution in [1.29, 1.82) is 0 Å². The highest BCUT2D eigenvalue weighted by atomic mass is 32.2. The zero-order valence-corrected chi connectivity index (χ0v) is 15.9. The first-order valence-corrected chi connectivity index (χ1v) is 10.0. The van der Waals surface area contributed by atoms with E-state index in [2.05, 4.69) is 17.2 Å². The first-order valence-electron chi connectivity index (χ1n) is 9.04. The van der Waals surface area contributed by atoms with E-state index in [0.29, 0.717) is 18.0 Å². The molecule has 27 heavy (non-hydrogen) atoms. The molecule has 1 N–H and O–H groups in total. The van der Waals surface area contributed by atoms with Crippen molar-refractivity contribution >= 4 is 17.7 Å². The smallest absolute Gasteiger partial charge is 0.254 e. The molecule has 0 aliphatic carbocycles. The summed E-state index contributed by atoms with van der Waals surface area (Å²) in [4.78, 5) is 29.4. The number of aromatic nitrogens is 2. The quantitative estimate of drug-likeness (QED) is 0.766. The summed E-state index contributed by atoms with van der Waals surface area (Å²) in [5.41, 5.74) is 1.70. The summed E-state index contributed by atoms with van der Waals surface area (Å²) in [6.07, 6.45) is 2.01. The van der Waals surface area contributed by atoms with E-state index in [1.165, 1.54) is 0 Å². The summed E-state index contributed by atoms with van der Waals surface area (Å²) in [5.74, 6) is 2.02. The predicted octanol–water partition coefficient (Wildman–Crippen LogP) is 2.28. The number of aryl methyl sites for hydroxylation is 1. The van der Waals surface area contributed by atoms with E-state index in [1.807, 2.05) is 18.2 Å². The first-order chi connectivity index (χ1) is 13.1. The fraction of sp³-hybridized carbons (Fsp3) is 0.421. The minimum Gasteiger partial charge on any atom is -0.454 e. The van der Waals surface area contributed by atoms with Crippen LogP contribution >= 0.6 is 11.8 Å². The average molecular weight is 387 g/mol. The van der Waals surface area contributed by atoms with Crippen molar-refractivity contribution in [3.8, 4) is 11.5 Å². The second-order valence-corrected chi connectivity index (χ2v) is 7.61. The van der Waals surface area contributed by atoms with Gasteiger partial charge in [0.05, 0.1) is 6.04 Å². The van der Waals surface area contributed by atoms with E-state index in [1.54, 1.807) is 22.4 Å². The Kier molecular flexibility index (Phi) is 5.07. The van der Waals surface area contributed by atoms with Crippen LogP contribution in [0.4, 0.5) is 0 Å². The van der Waals surface area contributed by atoms with Gasteiger partial charge in [-0.2, -0.15) is 0 Å². The lowest BCUT2D eigenvalue weighted by Crippen LogP contribution is -2.30. The van der Waals surface area contributed by atoms with Gasteiger partial charge in [-0.25, -0.2) is 4.98 Å². The van der Waals surface area contributed by atoms with Gasteiger partial charge in [-0.3, -0.25) is 14.2 Å². The van der Waals surface area contributed by atoms with Crippen molar-refractivity contribution in [2.24, 2.45) is 0 Å². The summed E-state index contributed by atoms with van der Waals surface area (Å²) in [7, 11) is 0. The molecule has 1 unspecified atom stereocenters. The van der Waals surface area contributed by atoms with Crippen LogP contribution in [0.3, 0.4) is 0 Å². The van der Waals surface area contributed by atoms with Gasteiger partial charge in [0.2, 0.25) is 12.7 Å². The highest BCUT2D eigenvalue weighted by Gasteiger charge is 2.27. The maximum atomic E-state index is 12.4. The van der Waals surface area contributed by atoms with Crippen molar-refractivity contribution in [1.82, 2.24) is 14.9 Å². The van der Waals surface area contributed by atoms with Crippen LogP contribution in [0.5, 0.6) is 11.5 Å². The molecule has 8 heteroatoms. The highest BCUT2D eigenvalue weighted by Crippen LogP contribution is 2.33. The number of benzene rings is 1. The molecule has 0 fully saturated rings. The SMILES string of the molecule is CCCc1cc(=O)n2c(n1)SCC2CC(=O)NCc1ccc2c(c1)OCO2. The third-order valence-corrected chi connectivity index (χ3v) is 5.69. The fourth-order valence-electron chi connectivity index (χ4n) is 3.27. The van der Waals surface area contributed by atoms with Crippen LogP contribution in [0.25, 0.3) is 0 Å². The Morgan fingerprint density at radius 2 is 2.19 bits per heavy atom. The Bertz CT molecular complexity index is 928. The number of rotatable bonds is 6. The van der Waals surface area contributed by atoms with E-state index in [9.17, 15) is 9.59 Å². The summed E-state index contributed by atoms with van der Waals surface area (Å²) >= 11 is 1.54. The highest BCUT2D eigenvalue weighted by molar-refractivity contribution is 7.99. The molecule has 4 rings (SSSR count). The number of hydrogen-bond donors (Lipinski definition) is 1. The molecular formula is C19H21N3O4S. The number of amides is 1. The average Bonchev–Trinajstić information content (AvgIpc) is 3.27. The lowest BCUT2D eigenvalue weighted by molar-refractivity contribution is -0.121. The molecule has 1 atom stereocenters. The van der Waals surface area contributed by atoms with Gasteiger partial charge >= 0.3 is 0 Å². The Labute approximate surface area is 161 Å². The maximum Gasteiger partial charge on any atom is 0.254 e. The lowest BCUT2D eigenvalue weighted by Gasteiger charge is -2.13. The molecule has 0 spiro atoms. The molecule has 0 saturated carbocycles. The van der Waals surface area contributed by atoms with E-state index in [0.717, 1.165) is 35.0 Å². The molecule has 7 nitrogen and oxygen atoms in total. The summed E-state index contributed by atoms with van der Waals surface area (Å²) < 4.78 is 12.3. The van der Waals surface area contributed by atoms with Crippen LogP contribution in [-0.4, -0.2) is 28.0 Å². The van der Waals surface area contributed by atoms with Crippen LogP contribution in [0.15, 0.2) is 34.2 Å². The normalized spacial score (nSPS) is 17.0. The molecule has 0 radical (unpaired) electrons. The number of carbonyl (C=O) groups excluding carboxylic acids is 1. The van der Waals surface area contributed by atoms with Crippen molar-refractivity contribution < 1.29 is 14.3 Å². The standard InChI is InChI=1S/C19H21N3O4S/c1-2-3-13-7-18(24)22-14(10-27-19(22)21-13)8-17(23)20-9-12-4-5-15-16(6-12)26-11-25-15/h4-7,14H,2-3,8-11H2,1H3,(H,20,23). The van der Waals surface area contributed by atoms with Crippen LogP contribution in [0.2, 0.25) is 0 Å². The Hall–Kier alpha value is -2.48. The summed E-state index contributed by atoms with van der Waals surface area (Å²) in [6.45, 7) is 2.70. The fourth-order valence-corrected chi connectivity index (χ4v) is 4.44. The number of ether oxygens (including phenoxy) is 2. The molecule has 0 bridgehead atoms. The van der Waals surface area contributed by atoms with Crippen LogP contribution in [0.1, 0.15) is 37.1 Å². The lowest BCUT2D eigenvalue weighted by atomic mass is 10.2. The van der Waals surface area contributed by atoms with Crippen molar-refractivity contribution in [3.63, 3.8) is 0 Å². The zero-order valence-electron chi connectivity index (χ0n) is 15.1. The largest absolute Gasteiger partial charge is 0.454 e. The van der Waals surface area contributed by atoms with Gasteiger partial charge in [0, 0.05) is 30.5 Å². The van der Waals surface area contributed by atoms with Gasteiger partial charge in [0.25, 0.3) is 5.56 Å². The number of carbonyl (C=O) groups is 1. The van der Waals surface area contributed by atoms with Crippen LogP contribution < -0.4 is 20.3 Å². The topological polar surface area (TPSA) is 82.5 Å². The molecule has 3 heterocycles. The Morgan fingerprint density at radius 3 is 3.04 bits per heavy atom. The molecule has 2 aliphatic rings. The summed E-state index contributed by atoms with van der Waals surface area (Å²) in [6, 6.07) is 7.05. The molecular weight excluding hydrogens is 366 g/mol. The molecule has 1 amide bonds. The van der Waals surface area contributed by atoms with Gasteiger partial charge in [-0.05, 0) is 24.1 Å². The van der Waals surface area contributed by atoms with Crippen molar-refractivity contribution in [2.45, 2.75) is 43.9 Å². The van der Waals surface area contributed by atoms with Gasteiger partial charge in [0.1, 0.15) is 0 Å². The Balaban J connectivity index is 1.38. The second-order valence-electron chi connectivity index (χ2n) is 6.62. The van der Waals surface area contributed by atoms with E-state index >= 15 is 0 Å². The maximum absolute atomic E-state index is 12.4. The minimum atomic E-state index is -0.155. The zero-order chi connectivity index (χ0) is 18.8. The molecule has 2 aromatic rings. The molecule has 1 aromatic heterocycles. The van der Waals surface area contributed by atoms with Crippen molar-refractivity contribution in [3.05, 3.63) is 45.9 Å². The molecule has 2 aliphatic heterocycles. The van der Waals surface area contributed by atoms with Crippen molar-refractivity contribution in [2.75, 3.05) is 12.5 Å². The predicted molar refractivity (Wildman–Crippen MR) is 101 cm³/mol. The Morgan fingerprint density at radius 1 is 1.33 bits per heavy atom. The monoisotopic (exact) mass is 387 g/mol. The first kappa shape index (κ1) is 17.9. The number of nitrogens with one attached hydrogen (secondary N) is 1. The van der Waals surface area contributed by atoms with Crippen LogP contribution in [0, 0.1) is 0 Å². The molecule has 0 saturated heterocycles. The number of nitrogens with zero attached hydrogens (tertiary/aromatic N) is 2. The van der Waals surface area contributed by atoms with E-state index < -0.39 is 0 Å². The van der Waals surface area contributed by atoms with Crippen LogP contribution in [-0.2, 0) is 17.8 Å². The molecule has 142 valence electrons. The van der Waals surface area contributed by atoms with Gasteiger partial charge < -0.3 is 14.8 Å². The second kappa shape index (κ2) is 7.64. The number of hydrogen-bond acceptors (Lipinski definition) is 6. The summed E-state index contributed by atoms with van der Waals surface area (Å²) in [5, 5.41) is 3.64. The van der Waals surface area contributed by atoms with E-state index in [4.69, 9.17) is 9.47 Å². The third-order valence-electron chi connectivity index (χ3n) is 4.60. The number of thioether (sulfide) groups is 1. The van der Waals surface area contributed by atoms with Gasteiger partial charge in [0.15, 0.2) is 16.7 Å². The number of fused-ring (bicyclic) bond motifs is 2. The van der Waals surface area contributed by atoms with Gasteiger partial charge in [-0.15, -0.1) is 0 Å². The third kappa shape index (κ3) is 3.80. The molecule has 1 aromatic carbocycles. The minimum absolute atomic E-state index is 0.0676. The van der Waals surface area contributed by atoms with Gasteiger partial charge in [-0.1, -0.05) is 31.2 Å². The van der Waals surface area contributed by atoms with E-state index in [-0.39, 0.29) is 30.7 Å².